The number of hydrogen-bond donors (Lipinski definition) is 4. The maximum Gasteiger partial charge on any atom is 0.315 e. The van der Waals surface area contributed by atoms with Crippen LogP contribution in [-0.4, -0.2) is 70.7 Å². The number of ketones is 1. The minimum Gasteiger partial charge on any atom is -0.347 e. The predicted molar refractivity (Wildman–Crippen MR) is 160 cm³/mol. The molecule has 4 fully saturated rings. The van der Waals surface area contributed by atoms with Gasteiger partial charge in [-0.25, -0.2) is 4.79 Å². The van der Waals surface area contributed by atoms with E-state index >= 15 is 0 Å². The number of likely N-dealkylation sites (tertiary alicyclic amines) is 1. The van der Waals surface area contributed by atoms with Gasteiger partial charge in [0.2, 0.25) is 17.6 Å². The molecular formula is C32H53N5O5. The largest absolute Gasteiger partial charge is 0.347 e. The number of nitrogens with zero attached hydrogens (tertiary/aromatic N) is 1. The molecule has 10 nitrogen and oxygen atoms in total. The van der Waals surface area contributed by atoms with Crippen molar-refractivity contribution in [3.63, 3.8) is 0 Å². The number of nitrogens with one attached hydrogen (secondary N) is 4. The standard InChI is InChI=1S/C32H53N5O5/c1-4-13-23(25(38)28(40)33-22-15-16-22)34-27(39)24-14-12-21-37(24)29(41)26(31(3)17-8-6-9-18-31)35-30(42)36-32(5-2)19-10-7-11-20-32/h22-24,26H,4-21H2,1-3H3,(H,33,40)(H,34,39)(H2,35,36,42)/t23?,24-,26+/m0/s1. The lowest BCUT2D eigenvalue weighted by atomic mass is 9.70. The fourth-order valence-electron chi connectivity index (χ4n) is 7.32. The first kappa shape index (κ1) is 32.3. The predicted octanol–water partition coefficient (Wildman–Crippen LogP) is 3.86. The molecule has 1 aliphatic heterocycles. The van der Waals surface area contributed by atoms with E-state index in [0.29, 0.717) is 32.2 Å². The Kier molecular flexibility index (Phi) is 10.9. The smallest absolute Gasteiger partial charge is 0.315 e. The molecule has 3 atom stereocenters. The summed E-state index contributed by atoms with van der Waals surface area (Å²) in [4.78, 5) is 68.3. The van der Waals surface area contributed by atoms with Crippen LogP contribution in [0.25, 0.3) is 0 Å². The molecule has 5 amide bonds. The molecule has 0 aromatic rings. The van der Waals surface area contributed by atoms with E-state index < -0.39 is 41.1 Å². The van der Waals surface area contributed by atoms with Gasteiger partial charge in [-0.15, -0.1) is 0 Å². The van der Waals surface area contributed by atoms with Crippen LogP contribution in [0.2, 0.25) is 0 Å². The first-order valence-corrected chi connectivity index (χ1v) is 16.7. The lowest BCUT2D eigenvalue weighted by molar-refractivity contribution is -0.144. The Labute approximate surface area is 251 Å². The molecule has 0 spiro atoms. The molecule has 0 aromatic heterocycles. The second kappa shape index (κ2) is 14.2. The third kappa shape index (κ3) is 7.84. The van der Waals surface area contributed by atoms with Gasteiger partial charge in [0.1, 0.15) is 12.1 Å². The Morgan fingerprint density at radius 1 is 0.833 bits per heavy atom. The monoisotopic (exact) mass is 587 g/mol. The second-order valence-corrected chi connectivity index (χ2v) is 13.6. The first-order valence-electron chi connectivity index (χ1n) is 16.7. The number of hydrogen-bond acceptors (Lipinski definition) is 5. The van der Waals surface area contributed by atoms with Crippen LogP contribution in [0.5, 0.6) is 0 Å². The van der Waals surface area contributed by atoms with Gasteiger partial charge in [0, 0.05) is 18.1 Å². The highest BCUT2D eigenvalue weighted by molar-refractivity contribution is 6.38. The van der Waals surface area contributed by atoms with Gasteiger partial charge in [0.25, 0.3) is 5.91 Å². The minimum absolute atomic E-state index is 0.0514. The highest BCUT2D eigenvalue weighted by Gasteiger charge is 2.47. The van der Waals surface area contributed by atoms with Crippen LogP contribution in [0.15, 0.2) is 0 Å². The number of urea groups is 1. The van der Waals surface area contributed by atoms with E-state index in [1.165, 1.54) is 6.42 Å². The van der Waals surface area contributed by atoms with Crippen molar-refractivity contribution in [3.05, 3.63) is 0 Å². The van der Waals surface area contributed by atoms with Crippen molar-refractivity contribution >= 4 is 29.5 Å². The van der Waals surface area contributed by atoms with Gasteiger partial charge in [0.15, 0.2) is 0 Å². The van der Waals surface area contributed by atoms with Crippen LogP contribution in [0.4, 0.5) is 4.79 Å². The highest BCUT2D eigenvalue weighted by Crippen LogP contribution is 2.40. The molecule has 4 rings (SSSR count). The van der Waals surface area contributed by atoms with Crippen LogP contribution in [-0.2, 0) is 19.2 Å². The Hall–Kier alpha value is -2.65. The van der Waals surface area contributed by atoms with Gasteiger partial charge in [-0.2, -0.15) is 0 Å². The first-order chi connectivity index (χ1) is 20.1. The van der Waals surface area contributed by atoms with Crippen molar-refractivity contribution in [1.29, 1.82) is 0 Å². The summed E-state index contributed by atoms with van der Waals surface area (Å²) in [5.74, 6) is -1.92. The minimum atomic E-state index is -0.921. The van der Waals surface area contributed by atoms with E-state index in [0.717, 1.165) is 77.0 Å². The van der Waals surface area contributed by atoms with Crippen molar-refractivity contribution in [3.8, 4) is 0 Å². The van der Waals surface area contributed by atoms with Gasteiger partial charge in [0.05, 0.1) is 6.04 Å². The van der Waals surface area contributed by atoms with Crippen LogP contribution >= 0.6 is 0 Å². The molecule has 1 saturated heterocycles. The van der Waals surface area contributed by atoms with Crippen molar-refractivity contribution < 1.29 is 24.0 Å². The quantitative estimate of drug-likeness (QED) is 0.257. The molecule has 1 heterocycles. The lowest BCUT2D eigenvalue weighted by Gasteiger charge is -2.43. The zero-order valence-corrected chi connectivity index (χ0v) is 26.0. The summed E-state index contributed by atoms with van der Waals surface area (Å²) in [6.07, 6.45) is 14.7. The SMILES string of the molecule is CCCC(NC(=O)[C@@H]1CCCN1C(=O)[C@@H](NC(=O)NC1(CC)CCCCC1)C1(C)CCCCC1)C(=O)C(=O)NC1CC1. The molecule has 42 heavy (non-hydrogen) atoms. The lowest BCUT2D eigenvalue weighted by Crippen LogP contribution is -2.63. The van der Waals surface area contributed by atoms with Crippen molar-refractivity contribution in [2.75, 3.05) is 6.54 Å². The van der Waals surface area contributed by atoms with E-state index in [9.17, 15) is 24.0 Å². The van der Waals surface area contributed by atoms with Crippen LogP contribution in [0, 0.1) is 5.41 Å². The molecule has 0 bridgehead atoms. The summed E-state index contributed by atoms with van der Waals surface area (Å²) in [5.41, 5.74) is -0.657. The Bertz CT molecular complexity index is 999. The maximum atomic E-state index is 14.3. The van der Waals surface area contributed by atoms with Gasteiger partial charge in [-0.05, 0) is 69.6 Å². The second-order valence-electron chi connectivity index (χ2n) is 13.6. The summed E-state index contributed by atoms with van der Waals surface area (Å²) in [6, 6.07) is -2.66. The fraction of sp³-hybridized carbons (Fsp3) is 0.844. The van der Waals surface area contributed by atoms with Crippen molar-refractivity contribution in [2.24, 2.45) is 5.41 Å². The molecule has 236 valence electrons. The average Bonchev–Trinajstić information content (AvgIpc) is 3.66. The molecule has 1 unspecified atom stereocenters. The molecule has 0 aromatic carbocycles. The summed E-state index contributed by atoms with van der Waals surface area (Å²) in [5, 5.41) is 11.9. The van der Waals surface area contributed by atoms with Crippen LogP contribution in [0.1, 0.15) is 130 Å². The van der Waals surface area contributed by atoms with Crippen LogP contribution in [0.3, 0.4) is 0 Å². The number of amides is 5. The van der Waals surface area contributed by atoms with E-state index in [1.807, 2.05) is 6.92 Å². The van der Waals surface area contributed by atoms with E-state index in [1.54, 1.807) is 4.90 Å². The number of carbonyl (C=O) groups excluding carboxylic acids is 5. The van der Waals surface area contributed by atoms with Gasteiger partial charge in [-0.1, -0.05) is 65.7 Å². The summed E-state index contributed by atoms with van der Waals surface area (Å²) < 4.78 is 0. The van der Waals surface area contributed by atoms with Crippen molar-refractivity contribution in [1.82, 2.24) is 26.2 Å². The van der Waals surface area contributed by atoms with Gasteiger partial charge >= 0.3 is 6.03 Å². The van der Waals surface area contributed by atoms with E-state index in [4.69, 9.17) is 0 Å². The zero-order valence-electron chi connectivity index (χ0n) is 26.0. The zero-order chi connectivity index (χ0) is 30.3. The summed E-state index contributed by atoms with van der Waals surface area (Å²) in [6.45, 7) is 6.51. The number of Topliss-reactive ketones (excluding diaryl/α,β-unsaturated/α-hetero) is 1. The highest BCUT2D eigenvalue weighted by atomic mass is 16.2. The molecule has 3 aliphatic carbocycles. The van der Waals surface area contributed by atoms with Crippen LogP contribution < -0.4 is 21.3 Å². The van der Waals surface area contributed by atoms with E-state index in [-0.39, 0.29) is 23.5 Å². The Balaban J connectivity index is 1.48. The van der Waals surface area contributed by atoms with E-state index in [2.05, 4.69) is 35.1 Å². The third-order valence-electron chi connectivity index (χ3n) is 10.3. The maximum absolute atomic E-state index is 14.3. The molecule has 10 heteroatoms. The molecule has 4 N–H and O–H groups in total. The Morgan fingerprint density at radius 3 is 2.07 bits per heavy atom. The topological polar surface area (TPSA) is 137 Å². The molecule has 0 radical (unpaired) electrons. The molecular weight excluding hydrogens is 534 g/mol. The van der Waals surface area contributed by atoms with Gasteiger partial charge in [-0.3, -0.25) is 19.2 Å². The molecule has 3 saturated carbocycles. The fourth-order valence-corrected chi connectivity index (χ4v) is 7.32. The molecule has 4 aliphatic rings. The summed E-state index contributed by atoms with van der Waals surface area (Å²) in [7, 11) is 0. The Morgan fingerprint density at radius 2 is 1.48 bits per heavy atom. The third-order valence-corrected chi connectivity index (χ3v) is 10.3. The number of carbonyl (C=O) groups is 5. The average molecular weight is 588 g/mol. The number of rotatable bonds is 12. The summed E-state index contributed by atoms with van der Waals surface area (Å²) >= 11 is 0. The van der Waals surface area contributed by atoms with Crippen molar-refractivity contribution in [2.45, 2.75) is 160 Å². The van der Waals surface area contributed by atoms with Gasteiger partial charge < -0.3 is 26.2 Å². The normalized spacial score (nSPS) is 24.6.